The highest BCUT2D eigenvalue weighted by Crippen LogP contribution is 2.27. The van der Waals surface area contributed by atoms with Crippen LogP contribution in [0.2, 0.25) is 0 Å². The van der Waals surface area contributed by atoms with Crippen LogP contribution in [-0.2, 0) is 4.79 Å². The van der Waals surface area contributed by atoms with Gasteiger partial charge in [0.2, 0.25) is 0 Å². The number of fused-ring (bicyclic) bond motifs is 1. The number of carbonyl (C=O) groups is 1. The minimum atomic E-state index is -0.753. The SMILES string of the molecule is O=C(O)C(c1ccc2ccccc2c1)N1CCCC1. The van der Waals surface area contributed by atoms with Gasteiger partial charge in [-0.05, 0) is 48.3 Å². The first-order valence-electron chi connectivity index (χ1n) is 6.71. The number of benzene rings is 2. The van der Waals surface area contributed by atoms with E-state index >= 15 is 0 Å². The Kier molecular flexibility index (Phi) is 3.22. The molecular weight excluding hydrogens is 238 g/mol. The molecule has 0 aliphatic carbocycles. The molecule has 3 nitrogen and oxygen atoms in total. The highest BCUT2D eigenvalue weighted by atomic mass is 16.4. The number of aliphatic carboxylic acids is 1. The molecule has 1 aliphatic rings. The zero-order valence-corrected chi connectivity index (χ0v) is 10.7. The molecular formula is C16H17NO2. The lowest BCUT2D eigenvalue weighted by molar-refractivity contribution is -0.143. The van der Waals surface area contributed by atoms with E-state index in [0.29, 0.717) is 0 Å². The maximum atomic E-state index is 11.6. The third-order valence-corrected chi connectivity index (χ3v) is 3.83. The molecule has 2 aromatic carbocycles. The molecule has 1 atom stereocenters. The second-order valence-electron chi connectivity index (χ2n) is 5.09. The van der Waals surface area contributed by atoms with Crippen LogP contribution in [0.1, 0.15) is 24.4 Å². The summed E-state index contributed by atoms with van der Waals surface area (Å²) in [5.74, 6) is -0.753. The highest BCUT2D eigenvalue weighted by Gasteiger charge is 2.29. The molecule has 1 fully saturated rings. The average Bonchev–Trinajstić information content (AvgIpc) is 2.92. The molecule has 3 rings (SSSR count). The van der Waals surface area contributed by atoms with Crippen LogP contribution in [-0.4, -0.2) is 29.1 Å². The Hall–Kier alpha value is -1.87. The first-order valence-corrected chi connectivity index (χ1v) is 6.71. The summed E-state index contributed by atoms with van der Waals surface area (Å²) < 4.78 is 0. The molecule has 1 N–H and O–H groups in total. The van der Waals surface area contributed by atoms with E-state index in [1.807, 2.05) is 42.5 Å². The standard InChI is InChI=1S/C16H17NO2/c18-16(19)15(17-9-3-4-10-17)14-8-7-12-5-1-2-6-13(12)11-14/h1-2,5-8,11,15H,3-4,9-10H2,(H,18,19). The van der Waals surface area contributed by atoms with E-state index in [1.54, 1.807) is 0 Å². The van der Waals surface area contributed by atoms with Gasteiger partial charge in [0.05, 0.1) is 0 Å². The van der Waals surface area contributed by atoms with Crippen molar-refractivity contribution in [1.82, 2.24) is 4.90 Å². The number of carboxylic acids is 1. The Morgan fingerprint density at radius 3 is 2.42 bits per heavy atom. The van der Waals surface area contributed by atoms with Crippen molar-refractivity contribution in [2.45, 2.75) is 18.9 Å². The molecule has 0 aromatic heterocycles. The molecule has 1 unspecified atom stereocenters. The van der Waals surface area contributed by atoms with Gasteiger partial charge in [0, 0.05) is 0 Å². The normalized spacial score (nSPS) is 17.7. The van der Waals surface area contributed by atoms with Gasteiger partial charge < -0.3 is 5.11 Å². The summed E-state index contributed by atoms with van der Waals surface area (Å²) in [5, 5.41) is 11.8. The summed E-state index contributed by atoms with van der Waals surface area (Å²) in [6.07, 6.45) is 2.19. The zero-order valence-electron chi connectivity index (χ0n) is 10.7. The molecule has 0 spiro atoms. The molecule has 0 amide bonds. The second kappa shape index (κ2) is 5.02. The average molecular weight is 255 g/mol. The van der Waals surface area contributed by atoms with E-state index in [4.69, 9.17) is 0 Å². The zero-order chi connectivity index (χ0) is 13.2. The molecule has 2 aromatic rings. The lowest BCUT2D eigenvalue weighted by atomic mass is 10.0. The summed E-state index contributed by atoms with van der Waals surface area (Å²) >= 11 is 0. The Morgan fingerprint density at radius 2 is 1.74 bits per heavy atom. The van der Waals surface area contributed by atoms with Crippen LogP contribution in [0, 0.1) is 0 Å². The summed E-state index contributed by atoms with van der Waals surface area (Å²) in [7, 11) is 0. The molecule has 0 bridgehead atoms. The van der Waals surface area contributed by atoms with Crippen molar-refractivity contribution in [2.24, 2.45) is 0 Å². The van der Waals surface area contributed by atoms with Gasteiger partial charge in [0.15, 0.2) is 0 Å². The Balaban J connectivity index is 2.02. The van der Waals surface area contributed by atoms with Gasteiger partial charge in [-0.2, -0.15) is 0 Å². The predicted octanol–water partition coefficient (Wildman–Crippen LogP) is 3.06. The predicted molar refractivity (Wildman–Crippen MR) is 75.1 cm³/mol. The van der Waals surface area contributed by atoms with Gasteiger partial charge in [-0.3, -0.25) is 9.69 Å². The lowest BCUT2D eigenvalue weighted by Crippen LogP contribution is -2.31. The van der Waals surface area contributed by atoms with E-state index in [1.165, 1.54) is 0 Å². The van der Waals surface area contributed by atoms with Crippen LogP contribution in [0.15, 0.2) is 42.5 Å². The maximum Gasteiger partial charge on any atom is 0.325 e. The Labute approximate surface area is 112 Å². The lowest BCUT2D eigenvalue weighted by Gasteiger charge is -2.24. The van der Waals surface area contributed by atoms with Crippen molar-refractivity contribution in [3.8, 4) is 0 Å². The van der Waals surface area contributed by atoms with Crippen LogP contribution in [0.3, 0.4) is 0 Å². The quantitative estimate of drug-likeness (QED) is 0.916. The van der Waals surface area contributed by atoms with E-state index in [9.17, 15) is 9.90 Å². The fourth-order valence-corrected chi connectivity index (χ4v) is 2.89. The van der Waals surface area contributed by atoms with Gasteiger partial charge in [-0.25, -0.2) is 0 Å². The number of likely N-dealkylation sites (tertiary alicyclic amines) is 1. The smallest absolute Gasteiger partial charge is 0.325 e. The van der Waals surface area contributed by atoms with Gasteiger partial charge in [0.25, 0.3) is 0 Å². The minimum absolute atomic E-state index is 0.507. The number of nitrogens with zero attached hydrogens (tertiary/aromatic N) is 1. The summed E-state index contributed by atoms with van der Waals surface area (Å²) in [5.41, 5.74) is 0.883. The molecule has 3 heteroatoms. The second-order valence-corrected chi connectivity index (χ2v) is 5.09. The molecule has 1 heterocycles. The molecule has 19 heavy (non-hydrogen) atoms. The number of hydrogen-bond donors (Lipinski definition) is 1. The Bertz CT molecular complexity index is 602. The van der Waals surface area contributed by atoms with Crippen LogP contribution in [0.4, 0.5) is 0 Å². The first kappa shape index (κ1) is 12.2. The largest absolute Gasteiger partial charge is 0.480 e. The Morgan fingerprint density at radius 1 is 1.05 bits per heavy atom. The van der Waals surface area contributed by atoms with E-state index in [0.717, 1.165) is 42.3 Å². The van der Waals surface area contributed by atoms with E-state index in [2.05, 4.69) is 4.90 Å². The molecule has 1 aliphatic heterocycles. The van der Waals surface area contributed by atoms with Gasteiger partial charge in [-0.15, -0.1) is 0 Å². The monoisotopic (exact) mass is 255 g/mol. The molecule has 98 valence electrons. The van der Waals surface area contributed by atoms with Gasteiger partial charge >= 0.3 is 5.97 Å². The number of hydrogen-bond acceptors (Lipinski definition) is 2. The van der Waals surface area contributed by atoms with Crippen LogP contribution in [0.5, 0.6) is 0 Å². The van der Waals surface area contributed by atoms with Gasteiger partial charge in [-0.1, -0.05) is 36.4 Å². The maximum absolute atomic E-state index is 11.6. The topological polar surface area (TPSA) is 40.5 Å². The van der Waals surface area contributed by atoms with Gasteiger partial charge in [0.1, 0.15) is 6.04 Å². The molecule has 1 saturated heterocycles. The van der Waals surface area contributed by atoms with Crippen molar-refractivity contribution < 1.29 is 9.90 Å². The van der Waals surface area contributed by atoms with E-state index < -0.39 is 12.0 Å². The third kappa shape index (κ3) is 2.34. The highest BCUT2D eigenvalue weighted by molar-refractivity contribution is 5.85. The fourth-order valence-electron chi connectivity index (χ4n) is 2.89. The first-order chi connectivity index (χ1) is 9.25. The van der Waals surface area contributed by atoms with E-state index in [-0.39, 0.29) is 0 Å². The van der Waals surface area contributed by atoms with Crippen molar-refractivity contribution in [1.29, 1.82) is 0 Å². The molecule has 0 saturated carbocycles. The van der Waals surface area contributed by atoms with Crippen molar-refractivity contribution >= 4 is 16.7 Å². The summed E-state index contributed by atoms with van der Waals surface area (Å²) in [6.45, 7) is 1.76. The summed E-state index contributed by atoms with van der Waals surface area (Å²) in [6, 6.07) is 13.5. The minimum Gasteiger partial charge on any atom is -0.480 e. The third-order valence-electron chi connectivity index (χ3n) is 3.83. The molecule has 0 radical (unpaired) electrons. The van der Waals surface area contributed by atoms with Crippen molar-refractivity contribution in [3.05, 3.63) is 48.0 Å². The van der Waals surface area contributed by atoms with Crippen molar-refractivity contribution in [2.75, 3.05) is 13.1 Å². The van der Waals surface area contributed by atoms with Crippen molar-refractivity contribution in [3.63, 3.8) is 0 Å². The van der Waals surface area contributed by atoms with Crippen LogP contribution < -0.4 is 0 Å². The summed E-state index contributed by atoms with van der Waals surface area (Å²) in [4.78, 5) is 13.6. The van der Waals surface area contributed by atoms with Crippen LogP contribution in [0.25, 0.3) is 10.8 Å². The van der Waals surface area contributed by atoms with Crippen LogP contribution >= 0.6 is 0 Å². The fraction of sp³-hybridized carbons (Fsp3) is 0.312. The number of carboxylic acid groups (broad SMARTS) is 1. The number of rotatable bonds is 3.